The van der Waals surface area contributed by atoms with Crippen molar-refractivity contribution < 1.29 is 19.0 Å². The van der Waals surface area contributed by atoms with E-state index in [0.717, 1.165) is 26.1 Å². The molecule has 21 heavy (non-hydrogen) atoms. The van der Waals surface area contributed by atoms with Crippen molar-refractivity contribution >= 4 is 17.3 Å². The number of ether oxygens (including phenoxy) is 3. The predicted molar refractivity (Wildman–Crippen MR) is 80.4 cm³/mol. The molecule has 0 aliphatic carbocycles. The molecule has 0 radical (unpaired) electrons. The highest BCUT2D eigenvalue weighted by Gasteiger charge is 2.14. The molecule has 0 bridgehead atoms. The summed E-state index contributed by atoms with van der Waals surface area (Å²) in [5.41, 5.74) is 6.94. The lowest BCUT2D eigenvalue weighted by atomic mass is 10.1. The van der Waals surface area contributed by atoms with E-state index in [-0.39, 0.29) is 12.0 Å². The highest BCUT2D eigenvalue weighted by molar-refractivity contribution is 5.91. The molecule has 6 heteroatoms. The molecule has 0 unspecified atom stereocenters. The summed E-state index contributed by atoms with van der Waals surface area (Å²) in [6.45, 7) is 1.89. The van der Waals surface area contributed by atoms with E-state index in [0.29, 0.717) is 30.2 Å². The first-order chi connectivity index (χ1) is 10.2. The summed E-state index contributed by atoms with van der Waals surface area (Å²) in [6, 6.07) is 5.16. The van der Waals surface area contributed by atoms with Gasteiger partial charge in [0.1, 0.15) is 5.75 Å². The fraction of sp³-hybridized carbons (Fsp3) is 0.533. The number of anilines is 2. The number of carbonyl (C=O) groups excluding carboxylic acids is 1. The number of benzene rings is 1. The SMILES string of the molecule is COc1ccc(NC(=O)CCOC2CCOCC2)cc1N. The molecular weight excluding hydrogens is 272 g/mol. The number of hydrogen-bond donors (Lipinski definition) is 2. The van der Waals surface area contributed by atoms with Crippen LogP contribution in [0.5, 0.6) is 5.75 Å². The van der Waals surface area contributed by atoms with E-state index in [1.54, 1.807) is 25.3 Å². The standard InChI is InChI=1S/C15H22N2O4/c1-19-14-3-2-11(10-13(14)16)17-15(18)6-9-21-12-4-7-20-8-5-12/h2-3,10,12H,4-9,16H2,1H3,(H,17,18). The van der Waals surface area contributed by atoms with Gasteiger partial charge >= 0.3 is 0 Å². The first-order valence-corrected chi connectivity index (χ1v) is 7.11. The lowest BCUT2D eigenvalue weighted by Gasteiger charge is -2.22. The van der Waals surface area contributed by atoms with Gasteiger partial charge in [0.2, 0.25) is 5.91 Å². The number of rotatable bonds is 6. The molecule has 1 aromatic carbocycles. The average Bonchev–Trinajstić information content (AvgIpc) is 2.48. The van der Waals surface area contributed by atoms with Crippen LogP contribution in [0.4, 0.5) is 11.4 Å². The number of carbonyl (C=O) groups is 1. The second-order valence-electron chi connectivity index (χ2n) is 4.94. The normalized spacial score (nSPS) is 15.7. The van der Waals surface area contributed by atoms with Crippen LogP contribution >= 0.6 is 0 Å². The van der Waals surface area contributed by atoms with E-state index in [4.69, 9.17) is 19.9 Å². The Kier molecular flexibility index (Phi) is 5.83. The molecule has 3 N–H and O–H groups in total. The van der Waals surface area contributed by atoms with Gasteiger partial charge < -0.3 is 25.3 Å². The van der Waals surface area contributed by atoms with Crippen molar-refractivity contribution in [1.82, 2.24) is 0 Å². The van der Waals surface area contributed by atoms with Gasteiger partial charge in [0, 0.05) is 18.9 Å². The van der Waals surface area contributed by atoms with Gasteiger partial charge in [-0.3, -0.25) is 4.79 Å². The number of nitrogens with one attached hydrogen (secondary N) is 1. The highest BCUT2D eigenvalue weighted by atomic mass is 16.5. The molecule has 0 aromatic heterocycles. The third-order valence-corrected chi connectivity index (χ3v) is 3.36. The molecule has 1 heterocycles. The van der Waals surface area contributed by atoms with Gasteiger partial charge in [-0.2, -0.15) is 0 Å². The van der Waals surface area contributed by atoms with Gasteiger partial charge in [-0.15, -0.1) is 0 Å². The summed E-state index contributed by atoms with van der Waals surface area (Å²) in [6.07, 6.45) is 2.33. The zero-order chi connectivity index (χ0) is 15.1. The van der Waals surface area contributed by atoms with E-state index in [1.807, 2.05) is 0 Å². The monoisotopic (exact) mass is 294 g/mol. The molecule has 1 fully saturated rings. The Morgan fingerprint density at radius 2 is 2.19 bits per heavy atom. The van der Waals surface area contributed by atoms with Crippen LogP contribution in [-0.4, -0.2) is 38.9 Å². The summed E-state index contributed by atoms with van der Waals surface area (Å²) in [4.78, 5) is 11.8. The Balaban J connectivity index is 1.72. The van der Waals surface area contributed by atoms with Crippen molar-refractivity contribution in [1.29, 1.82) is 0 Å². The molecule has 1 aliphatic rings. The summed E-state index contributed by atoms with van der Waals surface area (Å²) in [5.74, 6) is 0.502. The molecule has 0 spiro atoms. The zero-order valence-corrected chi connectivity index (χ0v) is 12.3. The lowest BCUT2D eigenvalue weighted by Crippen LogP contribution is -2.25. The van der Waals surface area contributed by atoms with Crippen LogP contribution in [0.25, 0.3) is 0 Å². The Labute approximate surface area is 124 Å². The predicted octanol–water partition coefficient (Wildman–Crippen LogP) is 1.80. The largest absolute Gasteiger partial charge is 0.495 e. The van der Waals surface area contributed by atoms with Gasteiger partial charge in [-0.1, -0.05) is 0 Å². The second-order valence-corrected chi connectivity index (χ2v) is 4.94. The first-order valence-electron chi connectivity index (χ1n) is 7.11. The number of nitrogens with two attached hydrogens (primary N) is 1. The van der Waals surface area contributed by atoms with E-state index in [2.05, 4.69) is 5.32 Å². The summed E-state index contributed by atoms with van der Waals surface area (Å²) in [5, 5.41) is 2.79. The molecule has 2 rings (SSSR count). The third-order valence-electron chi connectivity index (χ3n) is 3.36. The van der Waals surface area contributed by atoms with Crippen LogP contribution in [0.3, 0.4) is 0 Å². The maximum absolute atomic E-state index is 11.8. The number of hydrogen-bond acceptors (Lipinski definition) is 5. The molecule has 1 aromatic rings. The molecule has 0 saturated carbocycles. The summed E-state index contributed by atoms with van der Waals surface area (Å²) < 4.78 is 16.0. The average molecular weight is 294 g/mol. The molecular formula is C15H22N2O4. The first kappa shape index (κ1) is 15.6. The molecule has 1 saturated heterocycles. The number of methoxy groups -OCH3 is 1. The van der Waals surface area contributed by atoms with E-state index >= 15 is 0 Å². The van der Waals surface area contributed by atoms with Gasteiger partial charge in [0.25, 0.3) is 0 Å². The van der Waals surface area contributed by atoms with Crippen molar-refractivity contribution in [2.45, 2.75) is 25.4 Å². The zero-order valence-electron chi connectivity index (χ0n) is 12.3. The van der Waals surface area contributed by atoms with Crippen LogP contribution in [0.15, 0.2) is 18.2 Å². The van der Waals surface area contributed by atoms with Gasteiger partial charge in [-0.25, -0.2) is 0 Å². The Morgan fingerprint density at radius 1 is 1.43 bits per heavy atom. The van der Waals surface area contributed by atoms with Crippen molar-refractivity contribution in [3.8, 4) is 5.75 Å². The second kappa shape index (κ2) is 7.85. The van der Waals surface area contributed by atoms with E-state index < -0.39 is 0 Å². The summed E-state index contributed by atoms with van der Waals surface area (Å²) in [7, 11) is 1.55. The van der Waals surface area contributed by atoms with Crippen molar-refractivity contribution in [2.75, 3.05) is 38.0 Å². The van der Waals surface area contributed by atoms with Gasteiger partial charge in [-0.05, 0) is 31.0 Å². The minimum atomic E-state index is -0.0911. The van der Waals surface area contributed by atoms with Crippen molar-refractivity contribution in [2.24, 2.45) is 0 Å². The Bertz CT molecular complexity index is 473. The van der Waals surface area contributed by atoms with Crippen LogP contribution < -0.4 is 15.8 Å². The van der Waals surface area contributed by atoms with Crippen LogP contribution in [-0.2, 0) is 14.3 Å². The molecule has 1 aliphatic heterocycles. The van der Waals surface area contributed by atoms with Crippen LogP contribution in [0, 0.1) is 0 Å². The highest BCUT2D eigenvalue weighted by Crippen LogP contribution is 2.24. The minimum Gasteiger partial charge on any atom is -0.495 e. The summed E-state index contributed by atoms with van der Waals surface area (Å²) >= 11 is 0. The minimum absolute atomic E-state index is 0.0911. The van der Waals surface area contributed by atoms with E-state index in [9.17, 15) is 4.79 Å². The Morgan fingerprint density at radius 3 is 2.86 bits per heavy atom. The fourth-order valence-corrected chi connectivity index (χ4v) is 2.20. The van der Waals surface area contributed by atoms with Crippen LogP contribution in [0.2, 0.25) is 0 Å². The maximum Gasteiger partial charge on any atom is 0.226 e. The van der Waals surface area contributed by atoms with Crippen molar-refractivity contribution in [3.63, 3.8) is 0 Å². The molecule has 0 atom stereocenters. The van der Waals surface area contributed by atoms with Crippen LogP contribution in [0.1, 0.15) is 19.3 Å². The molecule has 1 amide bonds. The lowest BCUT2D eigenvalue weighted by molar-refractivity contribution is -0.118. The van der Waals surface area contributed by atoms with E-state index in [1.165, 1.54) is 0 Å². The fourth-order valence-electron chi connectivity index (χ4n) is 2.20. The smallest absolute Gasteiger partial charge is 0.226 e. The topological polar surface area (TPSA) is 82.8 Å². The molecule has 116 valence electrons. The molecule has 6 nitrogen and oxygen atoms in total. The Hall–Kier alpha value is -1.79. The third kappa shape index (κ3) is 4.91. The maximum atomic E-state index is 11.8. The van der Waals surface area contributed by atoms with Crippen molar-refractivity contribution in [3.05, 3.63) is 18.2 Å². The number of nitrogen functional groups attached to an aromatic ring is 1. The van der Waals surface area contributed by atoms with Gasteiger partial charge in [0.05, 0.1) is 31.9 Å². The number of amides is 1. The quantitative estimate of drug-likeness (QED) is 0.782. The van der Waals surface area contributed by atoms with Gasteiger partial charge in [0.15, 0.2) is 0 Å².